The second kappa shape index (κ2) is 8.22. The van der Waals surface area contributed by atoms with Crippen LogP contribution in [0.2, 0.25) is 5.02 Å². The first kappa shape index (κ1) is 18.4. The van der Waals surface area contributed by atoms with Gasteiger partial charge in [-0.3, -0.25) is 10.1 Å². The van der Waals surface area contributed by atoms with Crippen LogP contribution in [0.3, 0.4) is 0 Å². The molecule has 23 heavy (non-hydrogen) atoms. The van der Waals surface area contributed by atoms with Crippen molar-refractivity contribution < 1.29 is 4.79 Å². The van der Waals surface area contributed by atoms with Crippen molar-refractivity contribution in [2.24, 2.45) is 0 Å². The largest absolute Gasteiger partial charge is 0.333 e. The quantitative estimate of drug-likeness (QED) is 0.579. The van der Waals surface area contributed by atoms with Gasteiger partial charge in [-0.15, -0.1) is 0 Å². The van der Waals surface area contributed by atoms with Crippen LogP contribution in [0.25, 0.3) is 0 Å². The van der Waals surface area contributed by atoms with Crippen LogP contribution in [0.15, 0.2) is 54.6 Å². The molecule has 0 fully saturated rings. The van der Waals surface area contributed by atoms with Crippen LogP contribution in [-0.2, 0) is 6.54 Å². The van der Waals surface area contributed by atoms with Crippen LogP contribution >= 0.6 is 46.4 Å². The number of halogens is 4. The third-order valence-electron chi connectivity index (χ3n) is 3.04. The van der Waals surface area contributed by atoms with Crippen LogP contribution in [0.5, 0.6) is 0 Å². The van der Waals surface area contributed by atoms with Gasteiger partial charge in [-0.25, -0.2) is 0 Å². The van der Waals surface area contributed by atoms with E-state index in [4.69, 9.17) is 46.4 Å². The lowest BCUT2D eigenvalue weighted by molar-refractivity contribution is 0.0929. The van der Waals surface area contributed by atoms with E-state index in [0.29, 0.717) is 17.1 Å². The Balaban J connectivity index is 2.05. The van der Waals surface area contributed by atoms with Crippen molar-refractivity contribution in [3.05, 3.63) is 70.7 Å². The lowest BCUT2D eigenvalue weighted by atomic mass is 10.2. The fourth-order valence-electron chi connectivity index (χ4n) is 1.91. The highest BCUT2D eigenvalue weighted by atomic mass is 35.6. The minimum atomic E-state index is -1.71. The van der Waals surface area contributed by atoms with Crippen molar-refractivity contribution in [2.45, 2.75) is 16.5 Å². The molecule has 7 heteroatoms. The first-order valence-corrected chi connectivity index (χ1v) is 8.28. The van der Waals surface area contributed by atoms with E-state index in [1.165, 1.54) is 0 Å². The SMILES string of the molecule is O=C(NC(NCc1ccccc1)C(Cl)(Cl)Cl)c1cccc(Cl)c1. The molecular formula is C16H14Cl4N2O. The second-order valence-corrected chi connectivity index (χ2v) is 7.63. The minimum Gasteiger partial charge on any atom is -0.333 e. The number of amides is 1. The Morgan fingerprint density at radius 2 is 1.74 bits per heavy atom. The molecule has 122 valence electrons. The predicted octanol–water partition coefficient (Wildman–Crippen LogP) is 4.56. The molecule has 2 aromatic carbocycles. The maximum absolute atomic E-state index is 12.3. The Bertz CT molecular complexity index is 659. The molecule has 2 rings (SSSR count). The Kier molecular flexibility index (Phi) is 6.57. The zero-order valence-corrected chi connectivity index (χ0v) is 14.9. The van der Waals surface area contributed by atoms with Gasteiger partial charge in [0.1, 0.15) is 6.17 Å². The number of hydrogen-bond acceptors (Lipinski definition) is 2. The third kappa shape index (κ3) is 5.87. The Morgan fingerprint density at radius 1 is 1.04 bits per heavy atom. The molecule has 0 bridgehead atoms. The normalized spacial score (nSPS) is 12.7. The van der Waals surface area contributed by atoms with Gasteiger partial charge in [-0.1, -0.05) is 82.8 Å². The number of alkyl halides is 3. The number of hydrogen-bond donors (Lipinski definition) is 2. The molecule has 0 aliphatic heterocycles. The molecule has 0 spiro atoms. The van der Waals surface area contributed by atoms with Gasteiger partial charge in [0.15, 0.2) is 0 Å². The summed E-state index contributed by atoms with van der Waals surface area (Å²) in [4.78, 5) is 12.3. The van der Waals surface area contributed by atoms with E-state index in [-0.39, 0.29) is 5.91 Å². The Labute approximate surface area is 154 Å². The van der Waals surface area contributed by atoms with Gasteiger partial charge in [0.05, 0.1) is 0 Å². The Morgan fingerprint density at radius 3 is 2.35 bits per heavy atom. The van der Waals surface area contributed by atoms with Crippen molar-refractivity contribution >= 4 is 52.3 Å². The van der Waals surface area contributed by atoms with Crippen LogP contribution in [0, 0.1) is 0 Å². The van der Waals surface area contributed by atoms with Crippen molar-refractivity contribution in [1.29, 1.82) is 0 Å². The summed E-state index contributed by atoms with van der Waals surface area (Å²) in [6, 6.07) is 16.1. The summed E-state index contributed by atoms with van der Waals surface area (Å²) >= 11 is 23.8. The monoisotopic (exact) mass is 390 g/mol. The van der Waals surface area contributed by atoms with E-state index < -0.39 is 9.96 Å². The van der Waals surface area contributed by atoms with Crippen LogP contribution in [-0.4, -0.2) is 15.9 Å². The van der Waals surface area contributed by atoms with Gasteiger partial charge in [0.2, 0.25) is 3.79 Å². The van der Waals surface area contributed by atoms with Gasteiger partial charge in [-0.2, -0.15) is 0 Å². The van der Waals surface area contributed by atoms with E-state index in [1.54, 1.807) is 24.3 Å². The number of nitrogens with one attached hydrogen (secondary N) is 2. The maximum Gasteiger partial charge on any atom is 0.252 e. The summed E-state index contributed by atoms with van der Waals surface area (Å²) in [6.45, 7) is 0.440. The molecule has 0 saturated heterocycles. The van der Waals surface area contributed by atoms with Gasteiger partial charge in [0, 0.05) is 17.1 Å². The highest BCUT2D eigenvalue weighted by molar-refractivity contribution is 6.68. The molecule has 0 aromatic heterocycles. The van der Waals surface area contributed by atoms with Gasteiger partial charge in [0.25, 0.3) is 5.91 Å². The second-order valence-electron chi connectivity index (χ2n) is 4.82. The van der Waals surface area contributed by atoms with Crippen molar-refractivity contribution in [1.82, 2.24) is 10.6 Å². The van der Waals surface area contributed by atoms with Crippen LogP contribution in [0.4, 0.5) is 0 Å². The van der Waals surface area contributed by atoms with E-state index >= 15 is 0 Å². The van der Waals surface area contributed by atoms with Gasteiger partial charge in [-0.05, 0) is 23.8 Å². The fraction of sp³-hybridized carbons (Fsp3) is 0.188. The summed E-state index contributed by atoms with van der Waals surface area (Å²) in [7, 11) is 0. The molecule has 0 radical (unpaired) electrons. The molecule has 2 aromatic rings. The fourth-order valence-corrected chi connectivity index (χ4v) is 2.49. The molecule has 2 N–H and O–H groups in total. The average Bonchev–Trinajstić information content (AvgIpc) is 2.51. The standard InChI is InChI=1S/C16H14Cl4N2O/c17-13-8-4-7-12(9-13)14(23)22-15(16(18,19)20)21-10-11-5-2-1-3-6-11/h1-9,15,21H,10H2,(H,22,23). The zero-order chi connectivity index (χ0) is 16.9. The summed E-state index contributed by atoms with van der Waals surface area (Å²) in [5.41, 5.74) is 1.39. The van der Waals surface area contributed by atoms with Crippen LogP contribution in [0.1, 0.15) is 15.9 Å². The van der Waals surface area contributed by atoms with Gasteiger partial charge >= 0.3 is 0 Å². The highest BCUT2D eigenvalue weighted by Crippen LogP contribution is 2.29. The first-order valence-electron chi connectivity index (χ1n) is 6.77. The van der Waals surface area contributed by atoms with Crippen LogP contribution < -0.4 is 10.6 Å². The molecule has 1 amide bonds. The zero-order valence-electron chi connectivity index (χ0n) is 11.9. The average molecular weight is 392 g/mol. The summed E-state index contributed by atoms with van der Waals surface area (Å²) in [5.74, 6) is -0.385. The van der Waals surface area contributed by atoms with E-state index in [1.807, 2.05) is 30.3 Å². The van der Waals surface area contributed by atoms with E-state index in [9.17, 15) is 4.79 Å². The molecule has 0 aliphatic rings. The number of benzene rings is 2. The minimum absolute atomic E-state index is 0.385. The molecule has 0 heterocycles. The van der Waals surface area contributed by atoms with E-state index in [2.05, 4.69) is 10.6 Å². The summed E-state index contributed by atoms with van der Waals surface area (Å²) < 4.78 is -1.71. The van der Waals surface area contributed by atoms with Gasteiger partial charge < -0.3 is 5.32 Å². The van der Waals surface area contributed by atoms with Crippen molar-refractivity contribution in [3.8, 4) is 0 Å². The topological polar surface area (TPSA) is 41.1 Å². The lowest BCUT2D eigenvalue weighted by Crippen LogP contribution is -2.53. The first-order chi connectivity index (χ1) is 10.9. The number of rotatable bonds is 5. The number of carbonyl (C=O) groups excluding carboxylic acids is 1. The maximum atomic E-state index is 12.3. The molecule has 3 nitrogen and oxygen atoms in total. The summed E-state index contributed by atoms with van der Waals surface area (Å²) in [5, 5.41) is 6.16. The third-order valence-corrected chi connectivity index (χ3v) is 3.93. The highest BCUT2D eigenvalue weighted by Gasteiger charge is 2.33. The van der Waals surface area contributed by atoms with Crippen molar-refractivity contribution in [2.75, 3.05) is 0 Å². The number of carbonyl (C=O) groups is 1. The predicted molar refractivity (Wildman–Crippen MR) is 96.3 cm³/mol. The van der Waals surface area contributed by atoms with Crippen molar-refractivity contribution in [3.63, 3.8) is 0 Å². The molecule has 1 unspecified atom stereocenters. The lowest BCUT2D eigenvalue weighted by Gasteiger charge is -2.26. The summed E-state index contributed by atoms with van der Waals surface area (Å²) in [6.07, 6.45) is -0.862. The molecule has 1 atom stereocenters. The smallest absolute Gasteiger partial charge is 0.252 e. The molecule has 0 aliphatic carbocycles. The molecular weight excluding hydrogens is 378 g/mol. The molecule has 0 saturated carbocycles. The van der Waals surface area contributed by atoms with E-state index in [0.717, 1.165) is 5.56 Å². The Hall–Kier alpha value is -0.970.